The first-order chi connectivity index (χ1) is 8.74. The van der Waals surface area contributed by atoms with E-state index in [-0.39, 0.29) is 12.4 Å². The predicted octanol–water partition coefficient (Wildman–Crippen LogP) is 2.60. The van der Waals surface area contributed by atoms with E-state index in [1.165, 1.54) is 15.6 Å². The summed E-state index contributed by atoms with van der Waals surface area (Å²) in [5.74, 6) is 1.13. The van der Waals surface area contributed by atoms with Crippen LogP contribution in [0.2, 0.25) is 0 Å². The van der Waals surface area contributed by atoms with Crippen molar-refractivity contribution in [2.24, 2.45) is 0 Å². The van der Waals surface area contributed by atoms with Crippen molar-refractivity contribution >= 4 is 28.3 Å². The first-order valence-electron chi connectivity index (χ1n) is 6.63. The molecule has 0 aromatic heterocycles. The van der Waals surface area contributed by atoms with Gasteiger partial charge in [0.05, 0.1) is 6.61 Å². The maximum atomic E-state index is 5.80. The third-order valence-electron chi connectivity index (χ3n) is 3.84. The van der Waals surface area contributed by atoms with Crippen molar-refractivity contribution in [3.05, 3.63) is 27.7 Å². The second-order valence-electron chi connectivity index (χ2n) is 5.18. The molecule has 2 aliphatic heterocycles. The van der Waals surface area contributed by atoms with Crippen LogP contribution in [0, 0.1) is 0 Å². The summed E-state index contributed by atoms with van der Waals surface area (Å²) in [5, 5.41) is 3.43. The molecule has 1 saturated heterocycles. The number of fused-ring (bicyclic) bond motifs is 1. The predicted molar refractivity (Wildman–Crippen MR) is 83.3 cm³/mol. The van der Waals surface area contributed by atoms with Gasteiger partial charge in [-0.25, -0.2) is 0 Å². The van der Waals surface area contributed by atoms with E-state index >= 15 is 0 Å². The average Bonchev–Trinajstić information content (AvgIpc) is 2.80. The number of ether oxygens (including phenoxy) is 1. The van der Waals surface area contributed by atoms with Crippen molar-refractivity contribution in [3.63, 3.8) is 0 Å². The molecule has 0 bridgehead atoms. The molecule has 1 fully saturated rings. The Morgan fingerprint density at radius 1 is 1.47 bits per heavy atom. The number of nitrogens with one attached hydrogen (secondary N) is 1. The minimum atomic E-state index is 0. The Balaban J connectivity index is 0.00000133. The molecule has 1 N–H and O–H groups in total. The zero-order chi connectivity index (χ0) is 12.5. The van der Waals surface area contributed by atoms with Gasteiger partial charge in [0, 0.05) is 48.7 Å². The maximum Gasteiger partial charge on any atom is 0.127 e. The second-order valence-corrected chi connectivity index (χ2v) is 6.09. The van der Waals surface area contributed by atoms with E-state index in [4.69, 9.17) is 4.74 Å². The van der Waals surface area contributed by atoms with Crippen LogP contribution in [0.4, 0.5) is 0 Å². The smallest absolute Gasteiger partial charge is 0.127 e. The quantitative estimate of drug-likeness (QED) is 0.890. The Labute approximate surface area is 129 Å². The van der Waals surface area contributed by atoms with Gasteiger partial charge in [0.1, 0.15) is 5.75 Å². The van der Waals surface area contributed by atoms with Crippen molar-refractivity contribution in [2.75, 3.05) is 26.2 Å². The van der Waals surface area contributed by atoms with Gasteiger partial charge in [0.2, 0.25) is 0 Å². The summed E-state index contributed by atoms with van der Waals surface area (Å²) in [6.45, 7) is 7.38. The number of benzene rings is 1. The Hall–Kier alpha value is -0.290. The normalized spacial score (nSPS) is 22.5. The first kappa shape index (κ1) is 15.1. The van der Waals surface area contributed by atoms with Crippen LogP contribution < -0.4 is 10.1 Å². The van der Waals surface area contributed by atoms with E-state index in [1.807, 2.05) is 0 Å². The van der Waals surface area contributed by atoms with Crippen LogP contribution in [0.1, 0.15) is 18.1 Å². The fourth-order valence-electron chi connectivity index (χ4n) is 2.80. The molecule has 19 heavy (non-hydrogen) atoms. The molecular formula is C14H20BrClN2O. The summed E-state index contributed by atoms with van der Waals surface area (Å²) >= 11 is 3.61. The highest BCUT2D eigenvalue weighted by Crippen LogP contribution is 2.34. The number of nitrogens with zero attached hydrogens (tertiary/aromatic N) is 1. The monoisotopic (exact) mass is 346 g/mol. The molecule has 0 unspecified atom stereocenters. The van der Waals surface area contributed by atoms with E-state index in [0.717, 1.165) is 45.0 Å². The van der Waals surface area contributed by atoms with Crippen molar-refractivity contribution in [2.45, 2.75) is 25.9 Å². The van der Waals surface area contributed by atoms with Gasteiger partial charge in [-0.1, -0.05) is 15.9 Å². The average molecular weight is 348 g/mol. The van der Waals surface area contributed by atoms with Crippen molar-refractivity contribution in [1.82, 2.24) is 10.2 Å². The minimum Gasteiger partial charge on any atom is -0.493 e. The van der Waals surface area contributed by atoms with Crippen LogP contribution in [-0.4, -0.2) is 37.2 Å². The molecule has 106 valence electrons. The minimum absolute atomic E-state index is 0. The van der Waals surface area contributed by atoms with Crippen molar-refractivity contribution < 1.29 is 4.74 Å². The Morgan fingerprint density at radius 2 is 2.32 bits per heavy atom. The lowest BCUT2D eigenvalue weighted by Crippen LogP contribution is -2.49. The molecule has 3 nitrogen and oxygen atoms in total. The SMILES string of the molecule is C[C@H]1CNCCN1Cc1cc(Br)cc2c1OCC2.Cl. The van der Waals surface area contributed by atoms with E-state index in [0.29, 0.717) is 6.04 Å². The van der Waals surface area contributed by atoms with Crippen molar-refractivity contribution in [1.29, 1.82) is 0 Å². The van der Waals surface area contributed by atoms with Gasteiger partial charge in [0.15, 0.2) is 0 Å². The highest BCUT2D eigenvalue weighted by molar-refractivity contribution is 9.10. The molecule has 3 rings (SSSR count). The summed E-state index contributed by atoms with van der Waals surface area (Å²) in [7, 11) is 0. The molecule has 2 aliphatic rings. The van der Waals surface area contributed by atoms with Gasteiger partial charge in [-0.3, -0.25) is 4.90 Å². The Morgan fingerprint density at radius 3 is 3.11 bits per heavy atom. The highest BCUT2D eigenvalue weighted by Gasteiger charge is 2.22. The number of halogens is 2. The molecule has 0 aliphatic carbocycles. The van der Waals surface area contributed by atoms with Gasteiger partial charge in [-0.2, -0.15) is 0 Å². The van der Waals surface area contributed by atoms with Gasteiger partial charge >= 0.3 is 0 Å². The third kappa shape index (κ3) is 3.24. The second kappa shape index (κ2) is 6.44. The van der Waals surface area contributed by atoms with E-state index in [1.54, 1.807) is 0 Å². The third-order valence-corrected chi connectivity index (χ3v) is 4.30. The van der Waals surface area contributed by atoms with E-state index < -0.39 is 0 Å². The number of hydrogen-bond acceptors (Lipinski definition) is 3. The molecule has 5 heteroatoms. The largest absolute Gasteiger partial charge is 0.493 e. The molecule has 1 aromatic carbocycles. The number of hydrogen-bond donors (Lipinski definition) is 1. The zero-order valence-electron chi connectivity index (χ0n) is 11.1. The summed E-state index contributed by atoms with van der Waals surface area (Å²) in [4.78, 5) is 2.53. The van der Waals surface area contributed by atoms with Crippen LogP contribution in [0.3, 0.4) is 0 Å². The lowest BCUT2D eigenvalue weighted by Gasteiger charge is -2.34. The summed E-state index contributed by atoms with van der Waals surface area (Å²) in [6, 6.07) is 4.99. The molecule has 1 atom stereocenters. The molecule has 1 aromatic rings. The van der Waals surface area contributed by atoms with Gasteiger partial charge in [-0.15, -0.1) is 12.4 Å². The lowest BCUT2D eigenvalue weighted by molar-refractivity contribution is 0.164. The summed E-state index contributed by atoms with van der Waals surface area (Å²) in [6.07, 6.45) is 1.04. The first-order valence-corrected chi connectivity index (χ1v) is 7.42. The molecular weight excluding hydrogens is 328 g/mol. The number of rotatable bonds is 2. The topological polar surface area (TPSA) is 24.5 Å². The van der Waals surface area contributed by atoms with E-state index in [2.05, 4.69) is 45.2 Å². The molecule has 0 spiro atoms. The fourth-order valence-corrected chi connectivity index (χ4v) is 3.35. The van der Waals surface area contributed by atoms with Crippen molar-refractivity contribution in [3.8, 4) is 5.75 Å². The van der Waals surface area contributed by atoms with Crippen LogP contribution in [0.25, 0.3) is 0 Å². The summed E-state index contributed by atoms with van der Waals surface area (Å²) in [5.41, 5.74) is 2.67. The highest BCUT2D eigenvalue weighted by atomic mass is 79.9. The zero-order valence-corrected chi connectivity index (χ0v) is 13.5. The number of piperazine rings is 1. The molecule has 0 amide bonds. The Bertz CT molecular complexity index is 455. The van der Waals surface area contributed by atoms with Crippen LogP contribution in [0.15, 0.2) is 16.6 Å². The van der Waals surface area contributed by atoms with Crippen LogP contribution in [-0.2, 0) is 13.0 Å². The van der Waals surface area contributed by atoms with Gasteiger partial charge in [-0.05, 0) is 24.6 Å². The van der Waals surface area contributed by atoms with Crippen LogP contribution in [0.5, 0.6) is 5.75 Å². The van der Waals surface area contributed by atoms with E-state index in [9.17, 15) is 0 Å². The Kier molecular flexibility index (Phi) is 5.12. The summed E-state index contributed by atoms with van der Waals surface area (Å²) < 4.78 is 6.97. The lowest BCUT2D eigenvalue weighted by atomic mass is 10.1. The fraction of sp³-hybridized carbons (Fsp3) is 0.571. The van der Waals surface area contributed by atoms with Gasteiger partial charge < -0.3 is 10.1 Å². The van der Waals surface area contributed by atoms with Gasteiger partial charge in [0.25, 0.3) is 0 Å². The maximum absolute atomic E-state index is 5.80. The molecule has 0 saturated carbocycles. The standard InChI is InChI=1S/C14H19BrN2O.ClH/c1-10-8-16-3-4-17(10)9-12-7-13(15)6-11-2-5-18-14(11)12;/h6-7,10,16H,2-5,8-9H2,1H3;1H/t10-;/m0./s1. The molecule has 0 radical (unpaired) electrons. The van der Waals surface area contributed by atoms with Crippen LogP contribution >= 0.6 is 28.3 Å². The molecule has 2 heterocycles.